The van der Waals surface area contributed by atoms with Crippen LogP contribution in [-0.4, -0.2) is 25.0 Å². The van der Waals surface area contributed by atoms with Crippen LogP contribution in [0.2, 0.25) is 0 Å². The van der Waals surface area contributed by atoms with Crippen LogP contribution in [0.3, 0.4) is 0 Å². The van der Waals surface area contributed by atoms with Gasteiger partial charge in [-0.25, -0.2) is 0 Å². The first kappa shape index (κ1) is 9.69. The monoisotopic (exact) mass is 190 g/mol. The number of fused-ring (bicyclic) bond motifs is 1. The normalized spacial score (nSPS) is 20.9. The Morgan fingerprint density at radius 2 is 2.21 bits per heavy atom. The summed E-state index contributed by atoms with van der Waals surface area (Å²) in [6.45, 7) is 5.39. The fourth-order valence-electron chi connectivity index (χ4n) is 2.09. The molecule has 1 atom stereocenters. The number of nitrogens with one attached hydrogen (secondary N) is 1. The van der Waals surface area contributed by atoms with Gasteiger partial charge in [-0.05, 0) is 24.7 Å². The molecule has 0 aromatic heterocycles. The molecule has 0 spiro atoms. The number of benzene rings is 1. The van der Waals surface area contributed by atoms with Crippen molar-refractivity contribution in [2.75, 3.05) is 20.1 Å². The summed E-state index contributed by atoms with van der Waals surface area (Å²) in [4.78, 5) is 2.39. The van der Waals surface area contributed by atoms with Crippen LogP contribution in [0.5, 0.6) is 0 Å². The van der Waals surface area contributed by atoms with E-state index in [4.69, 9.17) is 0 Å². The Labute approximate surface area is 85.9 Å². The molecule has 1 unspecified atom stereocenters. The van der Waals surface area contributed by atoms with E-state index in [1.807, 2.05) is 0 Å². The largest absolute Gasteiger partial charge is 0.311 e. The van der Waals surface area contributed by atoms with E-state index in [0.717, 1.165) is 19.6 Å². The predicted octanol–water partition coefficient (Wildman–Crippen LogP) is 1.78. The summed E-state index contributed by atoms with van der Waals surface area (Å²) in [5.41, 5.74) is 2.94. The molecule has 76 valence electrons. The highest BCUT2D eigenvalue weighted by atomic mass is 15.1. The number of hydrogen-bond donors (Lipinski definition) is 1. The molecule has 14 heavy (non-hydrogen) atoms. The third-order valence-electron chi connectivity index (χ3n) is 3.10. The molecular formula is C12H18N2. The Morgan fingerprint density at radius 1 is 1.43 bits per heavy atom. The van der Waals surface area contributed by atoms with Crippen molar-refractivity contribution in [3.63, 3.8) is 0 Å². The summed E-state index contributed by atoms with van der Waals surface area (Å²) in [6.07, 6.45) is 0. The lowest BCUT2D eigenvalue weighted by Gasteiger charge is -2.33. The van der Waals surface area contributed by atoms with Gasteiger partial charge >= 0.3 is 0 Å². The number of hydrogen-bond acceptors (Lipinski definition) is 2. The number of nitrogens with zero attached hydrogens (tertiary/aromatic N) is 1. The van der Waals surface area contributed by atoms with Crippen LogP contribution in [0.25, 0.3) is 0 Å². The lowest BCUT2D eigenvalue weighted by Crippen LogP contribution is -2.37. The fraction of sp³-hybridized carbons (Fsp3) is 0.500. The lowest BCUT2D eigenvalue weighted by atomic mass is 9.96. The topological polar surface area (TPSA) is 15.3 Å². The minimum Gasteiger partial charge on any atom is -0.311 e. The summed E-state index contributed by atoms with van der Waals surface area (Å²) >= 11 is 0. The Morgan fingerprint density at radius 3 is 3.00 bits per heavy atom. The molecule has 2 heteroatoms. The SMILES string of the molecule is CCN(C)C1CNCc2ccccc21. The van der Waals surface area contributed by atoms with Crippen molar-refractivity contribution < 1.29 is 0 Å². The average Bonchev–Trinajstić information content (AvgIpc) is 2.27. The van der Waals surface area contributed by atoms with E-state index in [0.29, 0.717) is 6.04 Å². The number of likely N-dealkylation sites (N-methyl/N-ethyl adjacent to an activating group) is 1. The molecule has 2 nitrogen and oxygen atoms in total. The van der Waals surface area contributed by atoms with Crippen molar-refractivity contribution in [1.82, 2.24) is 10.2 Å². The van der Waals surface area contributed by atoms with Gasteiger partial charge in [0.1, 0.15) is 0 Å². The summed E-state index contributed by atoms with van der Waals surface area (Å²) in [6, 6.07) is 9.28. The van der Waals surface area contributed by atoms with Crippen LogP contribution in [0, 0.1) is 0 Å². The van der Waals surface area contributed by atoms with E-state index in [-0.39, 0.29) is 0 Å². The van der Waals surface area contributed by atoms with Gasteiger partial charge in [-0.3, -0.25) is 4.90 Å². The Hall–Kier alpha value is -0.860. The van der Waals surface area contributed by atoms with Crippen LogP contribution < -0.4 is 5.32 Å². The van der Waals surface area contributed by atoms with E-state index in [2.05, 4.69) is 48.5 Å². The third-order valence-corrected chi connectivity index (χ3v) is 3.10. The number of rotatable bonds is 2. The molecule has 1 N–H and O–H groups in total. The average molecular weight is 190 g/mol. The Kier molecular flexibility index (Phi) is 2.85. The maximum atomic E-state index is 3.46. The van der Waals surface area contributed by atoms with E-state index >= 15 is 0 Å². The van der Waals surface area contributed by atoms with Crippen molar-refractivity contribution >= 4 is 0 Å². The maximum Gasteiger partial charge on any atom is 0.0472 e. The molecule has 1 aliphatic heterocycles. The van der Waals surface area contributed by atoms with E-state index in [1.165, 1.54) is 11.1 Å². The Bertz CT molecular complexity index is 309. The Balaban J connectivity index is 2.30. The van der Waals surface area contributed by atoms with Gasteiger partial charge in [0.05, 0.1) is 0 Å². The predicted molar refractivity (Wildman–Crippen MR) is 59.2 cm³/mol. The van der Waals surface area contributed by atoms with Crippen molar-refractivity contribution in [2.45, 2.75) is 19.5 Å². The molecule has 0 saturated carbocycles. The molecular weight excluding hydrogens is 172 g/mol. The molecule has 1 aliphatic rings. The van der Waals surface area contributed by atoms with Crippen LogP contribution >= 0.6 is 0 Å². The zero-order chi connectivity index (χ0) is 9.97. The smallest absolute Gasteiger partial charge is 0.0472 e. The molecule has 2 rings (SSSR count). The first-order valence-corrected chi connectivity index (χ1v) is 5.31. The standard InChI is InChI=1S/C12H18N2/c1-3-14(2)12-9-13-8-10-6-4-5-7-11(10)12/h4-7,12-13H,3,8-9H2,1-2H3. The van der Waals surface area contributed by atoms with Crippen molar-refractivity contribution in [2.24, 2.45) is 0 Å². The van der Waals surface area contributed by atoms with Crippen LogP contribution in [0.4, 0.5) is 0 Å². The fourth-order valence-corrected chi connectivity index (χ4v) is 2.09. The first-order chi connectivity index (χ1) is 6.83. The van der Waals surface area contributed by atoms with Gasteiger partial charge in [0.2, 0.25) is 0 Å². The summed E-state index contributed by atoms with van der Waals surface area (Å²) in [5, 5.41) is 3.46. The van der Waals surface area contributed by atoms with Gasteiger partial charge in [0, 0.05) is 19.1 Å². The highest BCUT2D eigenvalue weighted by molar-refractivity contribution is 5.32. The van der Waals surface area contributed by atoms with Gasteiger partial charge in [-0.2, -0.15) is 0 Å². The van der Waals surface area contributed by atoms with Crippen LogP contribution in [-0.2, 0) is 6.54 Å². The molecule has 1 heterocycles. The van der Waals surface area contributed by atoms with Crippen molar-refractivity contribution in [3.8, 4) is 0 Å². The molecule has 0 radical (unpaired) electrons. The minimum absolute atomic E-state index is 0.546. The molecule has 1 aromatic rings. The summed E-state index contributed by atoms with van der Waals surface area (Å²) in [7, 11) is 2.19. The van der Waals surface area contributed by atoms with E-state index < -0.39 is 0 Å². The van der Waals surface area contributed by atoms with E-state index in [9.17, 15) is 0 Å². The molecule has 0 amide bonds. The third kappa shape index (κ3) is 1.68. The quantitative estimate of drug-likeness (QED) is 0.764. The molecule has 0 aliphatic carbocycles. The molecule has 1 aromatic carbocycles. The van der Waals surface area contributed by atoms with Crippen LogP contribution in [0.15, 0.2) is 24.3 Å². The van der Waals surface area contributed by atoms with Gasteiger partial charge in [0.25, 0.3) is 0 Å². The van der Waals surface area contributed by atoms with Gasteiger partial charge < -0.3 is 5.32 Å². The van der Waals surface area contributed by atoms with Gasteiger partial charge in [0.15, 0.2) is 0 Å². The second-order valence-electron chi connectivity index (χ2n) is 3.92. The van der Waals surface area contributed by atoms with Crippen molar-refractivity contribution in [1.29, 1.82) is 0 Å². The van der Waals surface area contributed by atoms with Crippen LogP contribution in [0.1, 0.15) is 24.1 Å². The van der Waals surface area contributed by atoms with Crippen molar-refractivity contribution in [3.05, 3.63) is 35.4 Å². The zero-order valence-electron chi connectivity index (χ0n) is 8.96. The molecule has 0 saturated heterocycles. The zero-order valence-corrected chi connectivity index (χ0v) is 8.96. The highest BCUT2D eigenvalue weighted by Gasteiger charge is 2.21. The maximum absolute atomic E-state index is 3.46. The summed E-state index contributed by atoms with van der Waals surface area (Å²) < 4.78 is 0. The minimum atomic E-state index is 0.546. The van der Waals surface area contributed by atoms with E-state index in [1.54, 1.807) is 0 Å². The second-order valence-corrected chi connectivity index (χ2v) is 3.92. The van der Waals surface area contributed by atoms with Gasteiger partial charge in [-0.15, -0.1) is 0 Å². The molecule has 0 bridgehead atoms. The first-order valence-electron chi connectivity index (χ1n) is 5.31. The molecule has 0 fully saturated rings. The lowest BCUT2D eigenvalue weighted by molar-refractivity contribution is 0.239. The summed E-state index contributed by atoms with van der Waals surface area (Å²) in [5.74, 6) is 0. The highest BCUT2D eigenvalue weighted by Crippen LogP contribution is 2.25. The second kappa shape index (κ2) is 4.11. The van der Waals surface area contributed by atoms with Gasteiger partial charge in [-0.1, -0.05) is 31.2 Å².